The number of aromatic amines is 1. The van der Waals surface area contributed by atoms with Gasteiger partial charge in [-0.25, -0.2) is 24.7 Å². The van der Waals surface area contributed by atoms with Crippen LogP contribution in [-0.4, -0.2) is 86.8 Å². The maximum atomic E-state index is 10.6. The molecule has 0 saturated carbocycles. The number of halogens is 3. The van der Waals surface area contributed by atoms with Gasteiger partial charge in [0, 0.05) is 38.5 Å². The minimum absolute atomic E-state index is 0.579. The molecule has 5 heterocycles. The Balaban J connectivity index is 0.000000411. The van der Waals surface area contributed by atoms with E-state index in [-0.39, 0.29) is 0 Å². The average Bonchev–Trinajstić information content (AvgIpc) is 3.70. The number of alkyl halides is 3. The number of carboxylic acid groups (broad SMARTS) is 1. The molecule has 6 rings (SSSR count). The summed E-state index contributed by atoms with van der Waals surface area (Å²) in [6, 6.07) is 8.22. The van der Waals surface area contributed by atoms with Gasteiger partial charge in [0.15, 0.2) is 11.6 Å². The van der Waals surface area contributed by atoms with Crippen LogP contribution < -0.4 is 4.90 Å². The lowest BCUT2D eigenvalue weighted by Crippen LogP contribution is -2.36. The van der Waals surface area contributed by atoms with E-state index in [9.17, 15) is 13.2 Å². The van der Waals surface area contributed by atoms with Crippen LogP contribution in [0.25, 0.3) is 44.2 Å². The molecule has 0 radical (unpaired) electrons. The molecule has 210 valence electrons. The zero-order chi connectivity index (χ0) is 28.3. The second kappa shape index (κ2) is 11.6. The third-order valence-corrected chi connectivity index (χ3v) is 6.95. The fourth-order valence-electron chi connectivity index (χ4n) is 4.25. The molecule has 40 heavy (non-hydrogen) atoms. The molecule has 0 amide bonds. The number of carbonyl (C=O) groups is 1. The molecule has 1 aliphatic heterocycles. The first-order valence-electron chi connectivity index (χ1n) is 12.1. The minimum Gasteiger partial charge on any atom is -0.475 e. The van der Waals surface area contributed by atoms with E-state index in [4.69, 9.17) is 24.4 Å². The van der Waals surface area contributed by atoms with Gasteiger partial charge < -0.3 is 29.0 Å². The lowest BCUT2D eigenvalue weighted by Gasteiger charge is -2.27. The van der Waals surface area contributed by atoms with Crippen LogP contribution in [0.1, 0.15) is 0 Å². The molecular weight excluding hydrogens is 551 g/mol. The van der Waals surface area contributed by atoms with Crippen LogP contribution in [0.4, 0.5) is 19.0 Å². The number of morpholine rings is 1. The van der Waals surface area contributed by atoms with Gasteiger partial charge in [0.05, 0.1) is 47.3 Å². The number of H-pyrrole nitrogens is 1. The SMILES string of the molecule is COCCn1c(-c2cnc(-c3ccc4scnc4c3)[nH]2)nc2c(N3CCOCC3)nccc21.O=C(O)C(F)(F)F. The van der Waals surface area contributed by atoms with Gasteiger partial charge in [-0.1, -0.05) is 0 Å². The summed E-state index contributed by atoms with van der Waals surface area (Å²) in [6.07, 6.45) is -1.39. The number of benzene rings is 1. The highest BCUT2D eigenvalue weighted by Gasteiger charge is 2.38. The molecule has 0 spiro atoms. The predicted octanol–water partition coefficient (Wildman–Crippen LogP) is 4.21. The van der Waals surface area contributed by atoms with E-state index in [1.165, 1.54) is 0 Å². The quantitative estimate of drug-likeness (QED) is 0.306. The van der Waals surface area contributed by atoms with Crippen molar-refractivity contribution in [1.82, 2.24) is 29.5 Å². The number of hydrogen-bond donors (Lipinski definition) is 2. The number of nitrogens with one attached hydrogen (secondary N) is 1. The van der Waals surface area contributed by atoms with Crippen LogP contribution in [0.5, 0.6) is 0 Å². The van der Waals surface area contributed by atoms with Crippen molar-refractivity contribution < 1.29 is 32.5 Å². The summed E-state index contributed by atoms with van der Waals surface area (Å²) < 4.78 is 46.0. The van der Waals surface area contributed by atoms with Gasteiger partial charge in [0.2, 0.25) is 0 Å². The van der Waals surface area contributed by atoms with E-state index >= 15 is 0 Å². The zero-order valence-electron chi connectivity index (χ0n) is 21.2. The summed E-state index contributed by atoms with van der Waals surface area (Å²) in [4.78, 5) is 33.4. The van der Waals surface area contributed by atoms with Crippen molar-refractivity contribution >= 4 is 44.4 Å². The maximum absolute atomic E-state index is 10.6. The highest BCUT2D eigenvalue weighted by molar-refractivity contribution is 7.16. The fourth-order valence-corrected chi connectivity index (χ4v) is 4.91. The lowest BCUT2D eigenvalue weighted by molar-refractivity contribution is -0.192. The van der Waals surface area contributed by atoms with Gasteiger partial charge >= 0.3 is 12.1 Å². The Morgan fingerprint density at radius 2 is 1.98 bits per heavy atom. The number of aromatic nitrogens is 6. The number of methoxy groups -OCH3 is 1. The van der Waals surface area contributed by atoms with Crippen LogP contribution >= 0.6 is 11.3 Å². The van der Waals surface area contributed by atoms with E-state index in [1.807, 2.05) is 24.0 Å². The Morgan fingerprint density at radius 3 is 2.70 bits per heavy atom. The Hall–Kier alpha value is -4.08. The second-order valence-corrected chi connectivity index (χ2v) is 9.55. The Labute approximate surface area is 229 Å². The maximum Gasteiger partial charge on any atom is 0.490 e. The summed E-state index contributed by atoms with van der Waals surface area (Å²) in [7, 11) is 1.71. The molecule has 1 aliphatic rings. The number of thiazole rings is 1. The molecule has 1 saturated heterocycles. The average molecular weight is 576 g/mol. The van der Waals surface area contributed by atoms with E-state index in [2.05, 4.69) is 47.6 Å². The van der Waals surface area contributed by atoms with E-state index in [0.29, 0.717) is 26.4 Å². The molecule has 0 aliphatic carbocycles. The van der Waals surface area contributed by atoms with Crippen LogP contribution in [-0.2, 0) is 20.8 Å². The molecular formula is C25H24F3N7O4S. The standard InChI is InChI=1S/C23H23N7O2S.C2HF3O2/c1-31-9-8-30-18-4-5-24-23(29-6-10-32-11-7-29)20(18)28-22(30)17-13-25-21(27-17)15-2-3-19-16(12-15)26-14-33-19;3-2(4,5)1(6)7/h2-5,12-14H,6-11H2,1H3,(H,25,27);(H,6,7). The van der Waals surface area contributed by atoms with Crippen molar-refractivity contribution in [2.24, 2.45) is 0 Å². The zero-order valence-corrected chi connectivity index (χ0v) is 22.0. The number of imidazole rings is 2. The molecule has 0 atom stereocenters. The Kier molecular flexibility index (Phi) is 7.95. The first kappa shape index (κ1) is 27.5. The van der Waals surface area contributed by atoms with Gasteiger partial charge in [0.25, 0.3) is 0 Å². The summed E-state index contributed by atoms with van der Waals surface area (Å²) >= 11 is 1.63. The summed E-state index contributed by atoms with van der Waals surface area (Å²) in [5.74, 6) is -0.260. The molecule has 1 aromatic carbocycles. The number of ether oxygens (including phenoxy) is 2. The Bertz CT molecular complexity index is 1630. The van der Waals surface area contributed by atoms with Gasteiger partial charge in [-0.3, -0.25) is 0 Å². The first-order chi connectivity index (χ1) is 19.3. The smallest absolute Gasteiger partial charge is 0.475 e. The summed E-state index contributed by atoms with van der Waals surface area (Å²) in [5.41, 5.74) is 6.59. The molecule has 5 aromatic rings. The molecule has 1 fully saturated rings. The van der Waals surface area contributed by atoms with Crippen molar-refractivity contribution in [2.75, 3.05) is 44.9 Å². The van der Waals surface area contributed by atoms with Gasteiger partial charge in [-0.15, -0.1) is 11.3 Å². The Morgan fingerprint density at radius 1 is 1.20 bits per heavy atom. The predicted molar refractivity (Wildman–Crippen MR) is 142 cm³/mol. The van der Waals surface area contributed by atoms with E-state index in [1.54, 1.807) is 18.4 Å². The molecule has 11 nitrogen and oxygen atoms in total. The van der Waals surface area contributed by atoms with Crippen LogP contribution in [0.3, 0.4) is 0 Å². The van der Waals surface area contributed by atoms with Crippen LogP contribution in [0, 0.1) is 0 Å². The number of carboxylic acids is 1. The highest BCUT2D eigenvalue weighted by atomic mass is 32.1. The number of fused-ring (bicyclic) bond motifs is 2. The van der Waals surface area contributed by atoms with E-state index < -0.39 is 12.1 Å². The molecule has 15 heteroatoms. The van der Waals surface area contributed by atoms with Gasteiger partial charge in [-0.05, 0) is 24.3 Å². The number of aliphatic carboxylic acids is 1. The van der Waals surface area contributed by atoms with Crippen molar-refractivity contribution in [3.63, 3.8) is 0 Å². The van der Waals surface area contributed by atoms with E-state index in [0.717, 1.165) is 63.1 Å². The topological polar surface area (TPSA) is 131 Å². The van der Waals surface area contributed by atoms with Gasteiger partial charge in [0.1, 0.15) is 17.0 Å². The summed E-state index contributed by atoms with van der Waals surface area (Å²) in [5, 5.41) is 7.12. The number of anilines is 1. The largest absolute Gasteiger partial charge is 0.490 e. The second-order valence-electron chi connectivity index (χ2n) is 8.66. The molecule has 0 bridgehead atoms. The van der Waals surface area contributed by atoms with Crippen molar-refractivity contribution in [3.05, 3.63) is 42.2 Å². The van der Waals surface area contributed by atoms with Crippen LogP contribution in [0.15, 0.2) is 42.2 Å². The minimum atomic E-state index is -5.08. The monoisotopic (exact) mass is 575 g/mol. The van der Waals surface area contributed by atoms with Crippen molar-refractivity contribution in [2.45, 2.75) is 12.7 Å². The number of rotatable bonds is 6. The van der Waals surface area contributed by atoms with Crippen molar-refractivity contribution in [1.29, 1.82) is 0 Å². The number of nitrogens with zero attached hydrogens (tertiary/aromatic N) is 6. The van der Waals surface area contributed by atoms with Gasteiger partial charge in [-0.2, -0.15) is 13.2 Å². The molecule has 0 unspecified atom stereocenters. The number of hydrogen-bond acceptors (Lipinski definition) is 9. The number of pyridine rings is 1. The third-order valence-electron chi connectivity index (χ3n) is 6.14. The first-order valence-corrected chi connectivity index (χ1v) is 13.0. The third kappa shape index (κ3) is 5.76. The summed E-state index contributed by atoms with van der Waals surface area (Å²) in [6.45, 7) is 4.26. The lowest BCUT2D eigenvalue weighted by atomic mass is 10.2. The molecule has 4 aromatic heterocycles. The van der Waals surface area contributed by atoms with Crippen molar-refractivity contribution in [3.8, 4) is 22.9 Å². The normalized spacial score (nSPS) is 13.9. The highest BCUT2D eigenvalue weighted by Crippen LogP contribution is 2.31. The fraction of sp³-hybridized carbons (Fsp3) is 0.320. The van der Waals surface area contributed by atoms with Crippen LogP contribution in [0.2, 0.25) is 0 Å². The molecule has 2 N–H and O–H groups in total.